The Hall–Kier alpha value is -2.29. The Morgan fingerprint density at radius 3 is 3.00 bits per heavy atom. The van der Waals surface area contributed by atoms with Crippen LogP contribution in [0.4, 0.5) is 5.69 Å². The molecular weight excluding hydrogens is 282 g/mol. The van der Waals surface area contributed by atoms with Gasteiger partial charge in [-0.15, -0.1) is 16.4 Å². The van der Waals surface area contributed by atoms with E-state index in [2.05, 4.69) is 20.8 Å². The number of aliphatic carboxylic acids is 1. The maximum Gasteiger partial charge on any atom is 0.325 e. The van der Waals surface area contributed by atoms with Gasteiger partial charge in [-0.2, -0.15) is 0 Å². The second-order valence-corrected chi connectivity index (χ2v) is 4.93. The minimum Gasteiger partial charge on any atom is -0.480 e. The van der Waals surface area contributed by atoms with Gasteiger partial charge < -0.3 is 10.4 Å². The number of carboxylic acid groups (broad SMARTS) is 1. The summed E-state index contributed by atoms with van der Waals surface area (Å²) in [5, 5.41) is 24.3. The van der Waals surface area contributed by atoms with Crippen molar-refractivity contribution >= 4 is 28.9 Å². The fourth-order valence-electron chi connectivity index (χ4n) is 1.62. The van der Waals surface area contributed by atoms with Gasteiger partial charge in [0.1, 0.15) is 6.54 Å². The van der Waals surface area contributed by atoms with Crippen LogP contribution in [-0.2, 0) is 16.1 Å². The number of rotatable bonds is 6. The summed E-state index contributed by atoms with van der Waals surface area (Å²) in [6.45, 7) is 1.59. The van der Waals surface area contributed by atoms with Crippen LogP contribution >= 0.6 is 11.3 Å². The number of carbonyl (C=O) groups excluding carboxylic acids is 1. The third kappa shape index (κ3) is 3.18. The average Bonchev–Trinajstić information content (AvgIpc) is 2.97. The lowest BCUT2D eigenvalue weighted by Crippen LogP contribution is -2.13. The number of anilines is 1. The Balaban J connectivity index is 2.26. The summed E-state index contributed by atoms with van der Waals surface area (Å²) >= 11 is 1.34. The summed E-state index contributed by atoms with van der Waals surface area (Å²) in [5.74, 6) is -0.801. The van der Waals surface area contributed by atoms with Crippen LogP contribution < -0.4 is 5.32 Å². The Kier molecular flexibility index (Phi) is 4.41. The Morgan fingerprint density at radius 2 is 2.30 bits per heavy atom. The molecule has 0 saturated heterocycles. The molecule has 0 spiro atoms. The van der Waals surface area contributed by atoms with E-state index in [0.717, 1.165) is 6.42 Å². The number of thiophene rings is 1. The van der Waals surface area contributed by atoms with E-state index in [1.165, 1.54) is 16.0 Å². The molecule has 0 bridgehead atoms. The highest BCUT2D eigenvalue weighted by Crippen LogP contribution is 2.31. The number of amides is 1. The van der Waals surface area contributed by atoms with Crippen molar-refractivity contribution in [2.24, 2.45) is 0 Å². The van der Waals surface area contributed by atoms with Gasteiger partial charge in [-0.3, -0.25) is 9.59 Å². The van der Waals surface area contributed by atoms with Crippen molar-refractivity contribution in [1.29, 1.82) is 0 Å². The lowest BCUT2D eigenvalue weighted by Gasteiger charge is -2.05. The molecule has 0 atom stereocenters. The summed E-state index contributed by atoms with van der Waals surface area (Å²) in [6, 6.07) is 1.74. The van der Waals surface area contributed by atoms with E-state index in [0.29, 0.717) is 22.8 Å². The highest BCUT2D eigenvalue weighted by Gasteiger charge is 2.17. The molecule has 2 N–H and O–H groups in total. The van der Waals surface area contributed by atoms with Crippen molar-refractivity contribution in [2.75, 3.05) is 5.32 Å². The predicted molar refractivity (Wildman–Crippen MR) is 72.3 cm³/mol. The number of hydrogen-bond donors (Lipinski definition) is 2. The second-order valence-electron chi connectivity index (χ2n) is 4.02. The first-order chi connectivity index (χ1) is 9.61. The normalized spacial score (nSPS) is 10.4. The summed E-state index contributed by atoms with van der Waals surface area (Å²) in [4.78, 5) is 23.0. The molecule has 0 unspecified atom stereocenters. The van der Waals surface area contributed by atoms with E-state index < -0.39 is 5.97 Å². The molecule has 1 amide bonds. The molecule has 0 aliphatic rings. The molecule has 2 aromatic heterocycles. The molecule has 8 nitrogen and oxygen atoms in total. The number of nitrogens with zero attached hydrogens (tertiary/aromatic N) is 4. The summed E-state index contributed by atoms with van der Waals surface area (Å²) in [7, 11) is 0. The largest absolute Gasteiger partial charge is 0.480 e. The highest BCUT2D eigenvalue weighted by molar-refractivity contribution is 7.14. The van der Waals surface area contributed by atoms with Crippen LogP contribution in [0.3, 0.4) is 0 Å². The molecule has 0 aliphatic heterocycles. The SMILES string of the molecule is CCCC(=O)Nc1ccsc1-c1nnnn1CC(=O)O. The minimum absolute atomic E-state index is 0.0931. The molecule has 0 saturated carbocycles. The van der Waals surface area contributed by atoms with Gasteiger partial charge in [-0.1, -0.05) is 6.92 Å². The predicted octanol–water partition coefficient (Wildman–Crippen LogP) is 1.22. The van der Waals surface area contributed by atoms with Crippen LogP contribution in [0.15, 0.2) is 11.4 Å². The van der Waals surface area contributed by atoms with Gasteiger partial charge in [-0.25, -0.2) is 4.68 Å². The first kappa shape index (κ1) is 14.1. The Morgan fingerprint density at radius 1 is 1.50 bits per heavy atom. The van der Waals surface area contributed by atoms with Crippen molar-refractivity contribution in [3.05, 3.63) is 11.4 Å². The minimum atomic E-state index is -1.04. The van der Waals surface area contributed by atoms with Gasteiger partial charge in [0.25, 0.3) is 0 Å². The van der Waals surface area contributed by atoms with Crippen LogP contribution in [0.25, 0.3) is 10.7 Å². The number of carboxylic acids is 1. The lowest BCUT2D eigenvalue weighted by atomic mass is 10.3. The van der Waals surface area contributed by atoms with Crippen LogP contribution in [0.1, 0.15) is 19.8 Å². The molecule has 2 rings (SSSR count). The lowest BCUT2D eigenvalue weighted by molar-refractivity contribution is -0.137. The smallest absolute Gasteiger partial charge is 0.325 e. The Bertz CT molecular complexity index is 621. The molecule has 0 aromatic carbocycles. The maximum atomic E-state index is 11.6. The molecule has 0 radical (unpaired) electrons. The summed E-state index contributed by atoms with van der Waals surface area (Å²) < 4.78 is 1.18. The second kappa shape index (κ2) is 6.24. The van der Waals surface area contributed by atoms with E-state index in [1.54, 1.807) is 11.4 Å². The summed E-state index contributed by atoms with van der Waals surface area (Å²) in [5.41, 5.74) is 0.592. The molecule has 2 heterocycles. The van der Waals surface area contributed by atoms with E-state index in [9.17, 15) is 9.59 Å². The molecule has 106 valence electrons. The standard InChI is InChI=1S/C11H13N5O3S/c1-2-3-8(17)12-7-4-5-20-10(7)11-13-14-15-16(11)6-9(18)19/h4-5H,2-3,6H2,1H3,(H,12,17)(H,18,19). The van der Waals surface area contributed by atoms with Gasteiger partial charge in [0.05, 0.1) is 10.6 Å². The van der Waals surface area contributed by atoms with Crippen LogP contribution in [0, 0.1) is 0 Å². The van der Waals surface area contributed by atoms with E-state index in [1.807, 2.05) is 6.92 Å². The highest BCUT2D eigenvalue weighted by atomic mass is 32.1. The van der Waals surface area contributed by atoms with Gasteiger partial charge in [-0.05, 0) is 28.3 Å². The van der Waals surface area contributed by atoms with Crippen LogP contribution in [0.2, 0.25) is 0 Å². The zero-order chi connectivity index (χ0) is 14.5. The van der Waals surface area contributed by atoms with Gasteiger partial charge in [0.2, 0.25) is 5.91 Å². The quantitative estimate of drug-likeness (QED) is 0.829. The Labute approximate surface area is 118 Å². The average molecular weight is 295 g/mol. The van der Waals surface area contributed by atoms with E-state index in [-0.39, 0.29) is 12.5 Å². The number of aromatic nitrogens is 4. The van der Waals surface area contributed by atoms with Crippen LogP contribution in [-0.4, -0.2) is 37.2 Å². The fraction of sp³-hybridized carbons (Fsp3) is 0.364. The molecule has 20 heavy (non-hydrogen) atoms. The number of carbonyl (C=O) groups is 2. The number of nitrogens with one attached hydrogen (secondary N) is 1. The summed E-state index contributed by atoms with van der Waals surface area (Å²) in [6.07, 6.45) is 1.18. The fourth-order valence-corrected chi connectivity index (χ4v) is 2.46. The molecular formula is C11H13N5O3S. The zero-order valence-corrected chi connectivity index (χ0v) is 11.6. The van der Waals surface area contributed by atoms with Gasteiger partial charge in [0.15, 0.2) is 5.82 Å². The van der Waals surface area contributed by atoms with Crippen molar-refractivity contribution < 1.29 is 14.7 Å². The van der Waals surface area contributed by atoms with E-state index >= 15 is 0 Å². The number of tetrazole rings is 1. The number of hydrogen-bond acceptors (Lipinski definition) is 6. The molecule has 0 fully saturated rings. The first-order valence-electron chi connectivity index (χ1n) is 5.97. The van der Waals surface area contributed by atoms with Gasteiger partial charge in [0, 0.05) is 6.42 Å². The third-order valence-electron chi connectivity index (χ3n) is 2.44. The van der Waals surface area contributed by atoms with Crippen LogP contribution in [0.5, 0.6) is 0 Å². The molecule has 0 aliphatic carbocycles. The maximum absolute atomic E-state index is 11.6. The molecule has 9 heteroatoms. The van der Waals surface area contributed by atoms with Crippen molar-refractivity contribution in [2.45, 2.75) is 26.3 Å². The first-order valence-corrected chi connectivity index (χ1v) is 6.85. The zero-order valence-electron chi connectivity index (χ0n) is 10.7. The van der Waals surface area contributed by atoms with Crippen molar-refractivity contribution in [3.8, 4) is 10.7 Å². The van der Waals surface area contributed by atoms with Gasteiger partial charge >= 0.3 is 5.97 Å². The van der Waals surface area contributed by atoms with E-state index in [4.69, 9.17) is 5.11 Å². The molecule has 2 aromatic rings. The van der Waals surface area contributed by atoms with Crippen molar-refractivity contribution in [3.63, 3.8) is 0 Å². The van der Waals surface area contributed by atoms with Crippen molar-refractivity contribution in [1.82, 2.24) is 20.2 Å². The topological polar surface area (TPSA) is 110 Å². The third-order valence-corrected chi connectivity index (χ3v) is 3.35. The monoisotopic (exact) mass is 295 g/mol.